The fourth-order valence-corrected chi connectivity index (χ4v) is 3.77. The molecule has 21 heavy (non-hydrogen) atoms. The van der Waals surface area contributed by atoms with Gasteiger partial charge in [-0.1, -0.05) is 30.3 Å². The Morgan fingerprint density at radius 1 is 1.10 bits per heavy atom. The fourth-order valence-electron chi connectivity index (χ4n) is 3.77. The summed E-state index contributed by atoms with van der Waals surface area (Å²) in [5, 5.41) is 9.52. The van der Waals surface area contributed by atoms with Gasteiger partial charge in [0.1, 0.15) is 0 Å². The Bertz CT molecular complexity index is 465. The first kappa shape index (κ1) is 14.6. The Labute approximate surface area is 127 Å². The molecule has 1 aliphatic carbocycles. The molecule has 1 heterocycles. The zero-order chi connectivity index (χ0) is 14.7. The summed E-state index contributed by atoms with van der Waals surface area (Å²) in [6.45, 7) is 1.28. The van der Waals surface area contributed by atoms with Gasteiger partial charge in [0.15, 0.2) is 0 Å². The predicted molar refractivity (Wildman–Crippen MR) is 83.0 cm³/mol. The number of likely N-dealkylation sites (tertiary alicyclic amines) is 1. The summed E-state index contributed by atoms with van der Waals surface area (Å²) >= 11 is 0. The van der Waals surface area contributed by atoms with E-state index in [2.05, 4.69) is 30.3 Å². The minimum atomic E-state index is -0.303. The Morgan fingerprint density at radius 3 is 2.43 bits per heavy atom. The lowest BCUT2D eigenvalue weighted by atomic mass is 9.77. The first-order valence-corrected chi connectivity index (χ1v) is 8.23. The van der Waals surface area contributed by atoms with Crippen LogP contribution in [-0.2, 0) is 4.79 Å². The zero-order valence-electron chi connectivity index (χ0n) is 12.6. The highest BCUT2D eigenvalue weighted by Gasteiger charge is 2.28. The van der Waals surface area contributed by atoms with Crippen molar-refractivity contribution in [2.24, 2.45) is 5.92 Å². The van der Waals surface area contributed by atoms with Crippen LogP contribution in [0.2, 0.25) is 0 Å². The number of carbonyl (C=O) groups is 1. The molecule has 1 amide bonds. The molecule has 1 aromatic carbocycles. The summed E-state index contributed by atoms with van der Waals surface area (Å²) in [4.78, 5) is 14.1. The van der Waals surface area contributed by atoms with Crippen LogP contribution in [0.15, 0.2) is 30.3 Å². The maximum absolute atomic E-state index is 12.2. The molecule has 3 heteroatoms. The van der Waals surface area contributed by atoms with Gasteiger partial charge in [-0.25, -0.2) is 0 Å². The van der Waals surface area contributed by atoms with Crippen molar-refractivity contribution in [1.82, 2.24) is 4.90 Å². The van der Waals surface area contributed by atoms with Crippen molar-refractivity contribution in [3.8, 4) is 0 Å². The molecule has 2 fully saturated rings. The number of aliphatic hydroxyl groups is 1. The number of nitrogens with zero attached hydrogens (tertiary/aromatic N) is 1. The average molecular weight is 287 g/mol. The molecule has 114 valence electrons. The molecule has 1 saturated carbocycles. The SMILES string of the molecule is O=C(CC1CCC(c2ccccc2)CC1)N1CC[C@@H](O)C1. The van der Waals surface area contributed by atoms with Gasteiger partial charge in [-0.15, -0.1) is 0 Å². The normalized spacial score (nSPS) is 29.6. The van der Waals surface area contributed by atoms with Crippen LogP contribution < -0.4 is 0 Å². The van der Waals surface area contributed by atoms with Gasteiger partial charge in [-0.3, -0.25) is 4.79 Å². The van der Waals surface area contributed by atoms with Crippen LogP contribution in [0.5, 0.6) is 0 Å². The van der Waals surface area contributed by atoms with Crippen molar-refractivity contribution in [3.63, 3.8) is 0 Å². The Kier molecular flexibility index (Phi) is 4.59. The number of β-amino-alcohol motifs (C(OH)–C–C–N with tert-alkyl or cyclic N) is 1. The second kappa shape index (κ2) is 6.61. The number of rotatable bonds is 3. The number of aliphatic hydroxyl groups excluding tert-OH is 1. The van der Waals surface area contributed by atoms with Crippen LogP contribution in [0.25, 0.3) is 0 Å². The lowest BCUT2D eigenvalue weighted by Gasteiger charge is -2.29. The van der Waals surface area contributed by atoms with Gasteiger partial charge in [0.2, 0.25) is 5.91 Å². The summed E-state index contributed by atoms with van der Waals surface area (Å²) in [6.07, 6.45) is 5.82. The van der Waals surface area contributed by atoms with E-state index >= 15 is 0 Å². The Hall–Kier alpha value is -1.35. The quantitative estimate of drug-likeness (QED) is 0.928. The highest BCUT2D eigenvalue weighted by molar-refractivity contribution is 5.76. The molecule has 3 nitrogen and oxygen atoms in total. The number of carbonyl (C=O) groups excluding carboxylic acids is 1. The molecule has 0 bridgehead atoms. The summed E-state index contributed by atoms with van der Waals surface area (Å²) in [7, 11) is 0. The van der Waals surface area contributed by atoms with Crippen LogP contribution in [0.4, 0.5) is 0 Å². The van der Waals surface area contributed by atoms with E-state index in [1.807, 2.05) is 4.90 Å². The van der Waals surface area contributed by atoms with Crippen molar-refractivity contribution in [1.29, 1.82) is 0 Å². The predicted octanol–water partition coefficient (Wildman–Crippen LogP) is 2.94. The maximum Gasteiger partial charge on any atom is 0.222 e. The van der Waals surface area contributed by atoms with Gasteiger partial charge < -0.3 is 10.0 Å². The van der Waals surface area contributed by atoms with Gasteiger partial charge in [0.25, 0.3) is 0 Å². The van der Waals surface area contributed by atoms with E-state index in [0.29, 0.717) is 24.8 Å². The molecule has 1 aromatic rings. The fraction of sp³-hybridized carbons (Fsp3) is 0.611. The molecular weight excluding hydrogens is 262 g/mol. The summed E-state index contributed by atoms with van der Waals surface area (Å²) < 4.78 is 0. The van der Waals surface area contributed by atoms with Crippen molar-refractivity contribution >= 4 is 5.91 Å². The lowest BCUT2D eigenvalue weighted by Crippen LogP contribution is -2.31. The molecule has 1 aliphatic heterocycles. The first-order chi connectivity index (χ1) is 10.2. The van der Waals surface area contributed by atoms with E-state index < -0.39 is 0 Å². The second-order valence-corrected chi connectivity index (χ2v) is 6.61. The van der Waals surface area contributed by atoms with E-state index in [9.17, 15) is 9.90 Å². The molecule has 0 radical (unpaired) electrons. The average Bonchev–Trinajstić information content (AvgIpc) is 2.96. The molecule has 0 aromatic heterocycles. The Balaban J connectivity index is 1.47. The van der Waals surface area contributed by atoms with Gasteiger partial charge in [-0.2, -0.15) is 0 Å². The zero-order valence-corrected chi connectivity index (χ0v) is 12.6. The monoisotopic (exact) mass is 287 g/mol. The maximum atomic E-state index is 12.2. The van der Waals surface area contributed by atoms with Gasteiger partial charge >= 0.3 is 0 Å². The number of hydrogen-bond donors (Lipinski definition) is 1. The van der Waals surface area contributed by atoms with E-state index in [1.165, 1.54) is 18.4 Å². The summed E-state index contributed by atoms with van der Waals surface area (Å²) in [5.74, 6) is 1.45. The van der Waals surface area contributed by atoms with Crippen molar-refractivity contribution in [2.75, 3.05) is 13.1 Å². The van der Waals surface area contributed by atoms with E-state index in [1.54, 1.807) is 0 Å². The van der Waals surface area contributed by atoms with Crippen molar-refractivity contribution in [3.05, 3.63) is 35.9 Å². The molecule has 0 spiro atoms. The van der Waals surface area contributed by atoms with Crippen molar-refractivity contribution < 1.29 is 9.90 Å². The topological polar surface area (TPSA) is 40.5 Å². The highest BCUT2D eigenvalue weighted by Crippen LogP contribution is 2.37. The van der Waals surface area contributed by atoms with Crippen LogP contribution >= 0.6 is 0 Å². The third kappa shape index (κ3) is 3.65. The molecule has 0 unspecified atom stereocenters. The van der Waals surface area contributed by atoms with Crippen molar-refractivity contribution in [2.45, 2.75) is 50.5 Å². The highest BCUT2D eigenvalue weighted by atomic mass is 16.3. The van der Waals surface area contributed by atoms with Crippen LogP contribution in [0.1, 0.15) is 50.0 Å². The molecular formula is C18H25NO2. The smallest absolute Gasteiger partial charge is 0.222 e. The largest absolute Gasteiger partial charge is 0.391 e. The van der Waals surface area contributed by atoms with E-state index in [0.717, 1.165) is 25.8 Å². The first-order valence-electron chi connectivity index (χ1n) is 8.23. The standard InChI is InChI=1S/C18H25NO2/c20-17-10-11-19(13-17)18(21)12-14-6-8-16(9-7-14)15-4-2-1-3-5-15/h1-5,14,16-17,20H,6-13H2/t14?,16?,17-/m1/s1. The summed E-state index contributed by atoms with van der Waals surface area (Å²) in [5.41, 5.74) is 1.45. The van der Waals surface area contributed by atoms with Gasteiger partial charge in [0, 0.05) is 19.5 Å². The summed E-state index contributed by atoms with van der Waals surface area (Å²) in [6, 6.07) is 10.7. The van der Waals surface area contributed by atoms with Crippen LogP contribution in [0.3, 0.4) is 0 Å². The van der Waals surface area contributed by atoms with E-state index in [4.69, 9.17) is 0 Å². The van der Waals surface area contributed by atoms with Crippen LogP contribution in [0, 0.1) is 5.92 Å². The molecule has 1 N–H and O–H groups in total. The molecule has 1 saturated heterocycles. The minimum Gasteiger partial charge on any atom is -0.391 e. The lowest BCUT2D eigenvalue weighted by molar-refractivity contribution is -0.131. The van der Waals surface area contributed by atoms with Gasteiger partial charge in [0.05, 0.1) is 6.10 Å². The minimum absolute atomic E-state index is 0.245. The number of hydrogen-bond acceptors (Lipinski definition) is 2. The molecule has 3 rings (SSSR count). The second-order valence-electron chi connectivity index (χ2n) is 6.61. The molecule has 1 atom stereocenters. The van der Waals surface area contributed by atoms with E-state index in [-0.39, 0.29) is 12.0 Å². The number of amides is 1. The van der Waals surface area contributed by atoms with Gasteiger partial charge in [-0.05, 0) is 49.5 Å². The third-order valence-corrected chi connectivity index (χ3v) is 5.10. The number of benzene rings is 1. The molecule has 2 aliphatic rings. The van der Waals surface area contributed by atoms with Crippen LogP contribution in [-0.4, -0.2) is 35.1 Å². The third-order valence-electron chi connectivity index (χ3n) is 5.10. The Morgan fingerprint density at radius 2 is 1.81 bits per heavy atom.